The summed E-state index contributed by atoms with van der Waals surface area (Å²) in [6.07, 6.45) is 12.9. The molecule has 81 valence electrons. The molecule has 0 saturated heterocycles. The average Bonchev–Trinajstić information content (AvgIpc) is 2.25. The van der Waals surface area contributed by atoms with Crippen molar-refractivity contribution in [1.29, 1.82) is 0 Å². The Labute approximate surface area is 87.0 Å². The maximum Gasteiger partial charge on any atom is 0.293 e. The molecule has 1 saturated carbocycles. The van der Waals surface area contributed by atoms with Gasteiger partial charge in [-0.15, -0.1) is 0 Å². The van der Waals surface area contributed by atoms with Gasteiger partial charge in [-0.25, -0.2) is 0 Å². The fourth-order valence-corrected chi connectivity index (χ4v) is 2.10. The molecule has 0 spiro atoms. The van der Waals surface area contributed by atoms with Crippen molar-refractivity contribution in [2.45, 2.75) is 51.4 Å². The molecule has 1 aliphatic rings. The van der Waals surface area contributed by atoms with Gasteiger partial charge in [0.1, 0.15) is 0 Å². The molecule has 1 aliphatic carbocycles. The molecule has 0 amide bonds. The van der Waals surface area contributed by atoms with Crippen molar-refractivity contribution >= 4 is 6.47 Å². The van der Waals surface area contributed by atoms with Gasteiger partial charge in [-0.3, -0.25) is 4.79 Å². The van der Waals surface area contributed by atoms with Crippen LogP contribution in [0.5, 0.6) is 0 Å². The van der Waals surface area contributed by atoms with Gasteiger partial charge in [0.2, 0.25) is 0 Å². The molecule has 0 heterocycles. The van der Waals surface area contributed by atoms with E-state index in [0.717, 1.165) is 18.8 Å². The van der Waals surface area contributed by atoms with Gasteiger partial charge in [0.05, 0.1) is 6.61 Å². The number of carbonyl (C=O) groups excluding carboxylic acids is 1. The van der Waals surface area contributed by atoms with Crippen molar-refractivity contribution in [3.05, 3.63) is 6.42 Å². The van der Waals surface area contributed by atoms with E-state index in [2.05, 4.69) is 11.2 Å². The summed E-state index contributed by atoms with van der Waals surface area (Å²) >= 11 is 0. The predicted molar refractivity (Wildman–Crippen MR) is 56.7 cm³/mol. The molecule has 1 rings (SSSR count). The normalized spacial score (nSPS) is 18.0. The minimum Gasteiger partial charge on any atom is -0.468 e. The highest BCUT2D eigenvalue weighted by molar-refractivity contribution is 5.36. The first-order valence-corrected chi connectivity index (χ1v) is 5.82. The van der Waals surface area contributed by atoms with Crippen molar-refractivity contribution in [2.75, 3.05) is 6.61 Å². The van der Waals surface area contributed by atoms with Crippen LogP contribution in [0.1, 0.15) is 51.4 Å². The molecule has 14 heavy (non-hydrogen) atoms. The van der Waals surface area contributed by atoms with E-state index in [-0.39, 0.29) is 0 Å². The molecular formula is C12H21O2. The summed E-state index contributed by atoms with van der Waals surface area (Å²) in [5.74, 6) is 0.871. The summed E-state index contributed by atoms with van der Waals surface area (Å²) in [6.45, 7) is 1.12. The highest BCUT2D eigenvalue weighted by Gasteiger charge is 2.12. The van der Waals surface area contributed by atoms with Crippen LogP contribution in [0.25, 0.3) is 0 Å². The van der Waals surface area contributed by atoms with E-state index >= 15 is 0 Å². The molecule has 0 unspecified atom stereocenters. The van der Waals surface area contributed by atoms with E-state index in [1.807, 2.05) is 0 Å². The Morgan fingerprint density at radius 2 is 1.93 bits per heavy atom. The topological polar surface area (TPSA) is 26.3 Å². The van der Waals surface area contributed by atoms with Crippen molar-refractivity contribution in [3.8, 4) is 0 Å². The second kappa shape index (κ2) is 7.84. The van der Waals surface area contributed by atoms with E-state index in [9.17, 15) is 4.79 Å². The zero-order valence-corrected chi connectivity index (χ0v) is 8.91. The third kappa shape index (κ3) is 5.25. The fraction of sp³-hybridized carbons (Fsp3) is 0.833. The highest BCUT2D eigenvalue weighted by atomic mass is 16.5. The van der Waals surface area contributed by atoms with E-state index in [4.69, 9.17) is 0 Å². The average molecular weight is 197 g/mol. The molecule has 0 aromatic rings. The van der Waals surface area contributed by atoms with Crippen LogP contribution < -0.4 is 0 Å². The molecule has 2 heteroatoms. The summed E-state index contributed by atoms with van der Waals surface area (Å²) < 4.78 is 4.63. The summed E-state index contributed by atoms with van der Waals surface area (Å²) in [5.41, 5.74) is 0. The molecule has 1 fully saturated rings. The second-order valence-corrected chi connectivity index (χ2v) is 4.10. The van der Waals surface area contributed by atoms with Crippen LogP contribution in [-0.4, -0.2) is 13.1 Å². The largest absolute Gasteiger partial charge is 0.468 e. The number of hydrogen-bond donors (Lipinski definition) is 0. The summed E-state index contributed by atoms with van der Waals surface area (Å²) in [5, 5.41) is 0. The molecule has 0 aliphatic heterocycles. The van der Waals surface area contributed by atoms with Crippen LogP contribution in [0.15, 0.2) is 0 Å². The van der Waals surface area contributed by atoms with Crippen molar-refractivity contribution in [2.24, 2.45) is 5.92 Å². The van der Waals surface area contributed by atoms with Crippen LogP contribution in [0.3, 0.4) is 0 Å². The molecule has 0 aromatic carbocycles. The maximum absolute atomic E-state index is 9.85. The lowest BCUT2D eigenvalue weighted by atomic mass is 9.86. The van der Waals surface area contributed by atoms with E-state index < -0.39 is 0 Å². The van der Waals surface area contributed by atoms with Crippen LogP contribution >= 0.6 is 0 Å². The number of carbonyl (C=O) groups is 1. The van der Waals surface area contributed by atoms with Gasteiger partial charge in [-0.1, -0.05) is 32.1 Å². The van der Waals surface area contributed by atoms with Gasteiger partial charge in [-0.2, -0.15) is 0 Å². The van der Waals surface area contributed by atoms with Crippen LogP contribution in [-0.2, 0) is 9.53 Å². The fourth-order valence-electron chi connectivity index (χ4n) is 2.10. The summed E-state index contributed by atoms with van der Waals surface area (Å²) in [4.78, 5) is 9.85. The van der Waals surface area contributed by atoms with Gasteiger partial charge in [0.25, 0.3) is 6.47 Å². The number of hydrogen-bond acceptors (Lipinski definition) is 2. The van der Waals surface area contributed by atoms with E-state index in [1.165, 1.54) is 38.5 Å². The molecule has 2 nitrogen and oxygen atoms in total. The monoisotopic (exact) mass is 197 g/mol. The smallest absolute Gasteiger partial charge is 0.293 e. The molecule has 0 atom stereocenters. The van der Waals surface area contributed by atoms with Crippen molar-refractivity contribution in [3.63, 3.8) is 0 Å². The lowest BCUT2D eigenvalue weighted by molar-refractivity contribution is -0.128. The molecule has 0 N–H and O–H groups in total. The molecule has 0 aromatic heterocycles. The van der Waals surface area contributed by atoms with Crippen molar-refractivity contribution < 1.29 is 9.53 Å². The Morgan fingerprint density at radius 1 is 1.14 bits per heavy atom. The Bertz CT molecular complexity index is 139. The minimum absolute atomic E-state index is 0.533. The number of ether oxygens (including phenoxy) is 1. The second-order valence-electron chi connectivity index (χ2n) is 4.10. The third-order valence-corrected chi connectivity index (χ3v) is 2.93. The van der Waals surface area contributed by atoms with Crippen LogP contribution in [0.4, 0.5) is 0 Å². The van der Waals surface area contributed by atoms with Gasteiger partial charge in [0.15, 0.2) is 0 Å². The minimum atomic E-state index is 0.533. The van der Waals surface area contributed by atoms with Crippen molar-refractivity contribution in [1.82, 2.24) is 0 Å². The lowest BCUT2D eigenvalue weighted by Gasteiger charge is -2.20. The summed E-state index contributed by atoms with van der Waals surface area (Å²) in [6, 6.07) is 0. The standard InChI is InChI=1S/C12H21O2/c13-11-14-10-6-2-5-9-12-7-3-1-4-8-12/h9,11-12H,1-8,10H2. The van der Waals surface area contributed by atoms with Gasteiger partial charge in [0, 0.05) is 0 Å². The number of rotatable bonds is 7. The Kier molecular flexibility index (Phi) is 6.46. The number of unbranched alkanes of at least 4 members (excludes halogenated alkanes) is 2. The first-order valence-electron chi connectivity index (χ1n) is 5.82. The van der Waals surface area contributed by atoms with Crippen LogP contribution in [0, 0.1) is 12.3 Å². The predicted octanol–water partition coefficient (Wildman–Crippen LogP) is 3.11. The highest BCUT2D eigenvalue weighted by Crippen LogP contribution is 2.27. The van der Waals surface area contributed by atoms with Crippen LogP contribution in [0.2, 0.25) is 0 Å². The summed E-state index contributed by atoms with van der Waals surface area (Å²) in [7, 11) is 0. The molecule has 1 radical (unpaired) electrons. The van der Waals surface area contributed by atoms with Gasteiger partial charge in [-0.05, 0) is 31.6 Å². The van der Waals surface area contributed by atoms with Gasteiger partial charge < -0.3 is 4.74 Å². The molecular weight excluding hydrogens is 176 g/mol. The van der Waals surface area contributed by atoms with Gasteiger partial charge >= 0.3 is 0 Å². The first kappa shape index (κ1) is 11.5. The quantitative estimate of drug-likeness (QED) is 0.463. The zero-order chi connectivity index (χ0) is 10.1. The Morgan fingerprint density at radius 3 is 2.64 bits per heavy atom. The SMILES string of the molecule is O=COCCCC[CH]C1CCCCC1. The van der Waals surface area contributed by atoms with E-state index in [1.54, 1.807) is 0 Å². The van der Waals surface area contributed by atoms with E-state index in [0.29, 0.717) is 13.1 Å². The lowest BCUT2D eigenvalue weighted by Crippen LogP contribution is -2.06. The maximum atomic E-state index is 9.85. The molecule has 0 bridgehead atoms. The first-order chi connectivity index (χ1) is 6.93. The third-order valence-electron chi connectivity index (χ3n) is 2.93. The Balaban J connectivity index is 1.85. The Hall–Kier alpha value is -0.530. The zero-order valence-electron chi connectivity index (χ0n) is 8.91.